The van der Waals surface area contributed by atoms with E-state index >= 15 is 0 Å². The van der Waals surface area contributed by atoms with Crippen LogP contribution in [0.2, 0.25) is 0 Å². The van der Waals surface area contributed by atoms with E-state index in [-0.39, 0.29) is 12.2 Å². The van der Waals surface area contributed by atoms with Crippen LogP contribution in [0.3, 0.4) is 0 Å². The molecule has 0 heterocycles. The van der Waals surface area contributed by atoms with E-state index in [9.17, 15) is 13.2 Å². The molecule has 0 aromatic carbocycles. The average molecular weight is 195 g/mol. The average Bonchev–Trinajstić information content (AvgIpc) is 2.04. The fourth-order valence-corrected chi connectivity index (χ4v) is 1.23. The van der Waals surface area contributed by atoms with Crippen LogP contribution in [-0.4, -0.2) is 40.3 Å². The van der Waals surface area contributed by atoms with Crippen LogP contribution in [0.4, 0.5) is 0 Å². The standard InChI is InChI=1S/C6H13NO4S/c1-7-5(6(8)11-2)3-4-12(9)10/h5,7,12H,3-4H2,1-2H3. The molecule has 0 aliphatic carbocycles. The first-order valence-corrected chi connectivity index (χ1v) is 4.85. The van der Waals surface area contributed by atoms with Crippen molar-refractivity contribution in [2.75, 3.05) is 19.9 Å². The first kappa shape index (κ1) is 11.4. The summed E-state index contributed by atoms with van der Waals surface area (Å²) in [6.45, 7) is 0. The van der Waals surface area contributed by atoms with Gasteiger partial charge in [-0.3, -0.25) is 4.79 Å². The first-order chi connectivity index (χ1) is 5.61. The summed E-state index contributed by atoms with van der Waals surface area (Å²) in [5.74, 6) is -0.440. The summed E-state index contributed by atoms with van der Waals surface area (Å²) in [5, 5.41) is 2.67. The third kappa shape index (κ3) is 4.30. The van der Waals surface area contributed by atoms with Gasteiger partial charge in [0.1, 0.15) is 16.7 Å². The maximum atomic E-state index is 10.9. The highest BCUT2D eigenvalue weighted by molar-refractivity contribution is 7.72. The molecule has 0 bridgehead atoms. The van der Waals surface area contributed by atoms with Gasteiger partial charge in [0.2, 0.25) is 0 Å². The predicted octanol–water partition coefficient (Wildman–Crippen LogP) is -1.25. The van der Waals surface area contributed by atoms with Crippen molar-refractivity contribution in [3.8, 4) is 0 Å². The van der Waals surface area contributed by atoms with Gasteiger partial charge in [0.05, 0.1) is 7.11 Å². The highest BCUT2D eigenvalue weighted by atomic mass is 32.2. The molecule has 72 valence electrons. The van der Waals surface area contributed by atoms with Gasteiger partial charge in [0.15, 0.2) is 0 Å². The molecule has 1 N–H and O–H groups in total. The van der Waals surface area contributed by atoms with Crippen LogP contribution in [0.15, 0.2) is 0 Å². The number of ether oxygens (including phenoxy) is 1. The van der Waals surface area contributed by atoms with Crippen LogP contribution in [0.25, 0.3) is 0 Å². The summed E-state index contributed by atoms with van der Waals surface area (Å²) in [6.07, 6.45) is 0.252. The minimum absolute atomic E-state index is 0.00403. The van der Waals surface area contributed by atoms with E-state index in [1.807, 2.05) is 0 Å². The second-order valence-corrected chi connectivity index (χ2v) is 3.32. The van der Waals surface area contributed by atoms with Gasteiger partial charge in [0.25, 0.3) is 0 Å². The second-order valence-electron chi connectivity index (χ2n) is 2.21. The number of nitrogens with one attached hydrogen (secondary N) is 1. The molecular weight excluding hydrogens is 182 g/mol. The Hall–Kier alpha value is -0.620. The molecule has 1 atom stereocenters. The lowest BCUT2D eigenvalue weighted by atomic mass is 10.2. The maximum Gasteiger partial charge on any atom is 0.322 e. The van der Waals surface area contributed by atoms with Crippen molar-refractivity contribution in [3.05, 3.63) is 0 Å². The maximum absolute atomic E-state index is 10.9. The van der Waals surface area contributed by atoms with Crippen LogP contribution in [0.5, 0.6) is 0 Å². The summed E-state index contributed by atoms with van der Waals surface area (Å²) in [6, 6.07) is -0.525. The van der Waals surface area contributed by atoms with E-state index in [1.165, 1.54) is 7.11 Å². The monoisotopic (exact) mass is 195 g/mol. The van der Waals surface area contributed by atoms with Crippen LogP contribution in [0.1, 0.15) is 6.42 Å². The first-order valence-electron chi connectivity index (χ1n) is 3.48. The van der Waals surface area contributed by atoms with Crippen molar-refractivity contribution >= 4 is 16.7 Å². The molecule has 0 saturated carbocycles. The molecule has 6 heteroatoms. The topological polar surface area (TPSA) is 72.5 Å². The van der Waals surface area contributed by atoms with Crippen molar-refractivity contribution in [1.82, 2.24) is 5.32 Å². The zero-order valence-electron chi connectivity index (χ0n) is 7.07. The Morgan fingerprint density at radius 3 is 2.50 bits per heavy atom. The molecular formula is C6H13NO4S. The van der Waals surface area contributed by atoms with Crippen LogP contribution in [-0.2, 0) is 20.2 Å². The molecule has 0 amide bonds. The van der Waals surface area contributed by atoms with Gasteiger partial charge >= 0.3 is 5.97 Å². The fourth-order valence-electron chi connectivity index (χ4n) is 0.757. The predicted molar refractivity (Wildman–Crippen MR) is 44.7 cm³/mol. The normalized spacial score (nSPS) is 12.9. The van der Waals surface area contributed by atoms with E-state index in [0.717, 1.165) is 0 Å². The largest absolute Gasteiger partial charge is 0.468 e. The number of rotatable bonds is 5. The van der Waals surface area contributed by atoms with Crippen molar-refractivity contribution < 1.29 is 17.9 Å². The molecule has 0 aromatic rings. The number of esters is 1. The van der Waals surface area contributed by atoms with Gasteiger partial charge in [0, 0.05) is 5.75 Å². The third-order valence-corrected chi connectivity index (χ3v) is 2.06. The number of methoxy groups -OCH3 is 1. The molecule has 1 unspecified atom stereocenters. The van der Waals surface area contributed by atoms with E-state index in [0.29, 0.717) is 0 Å². The molecule has 0 spiro atoms. The number of hydrogen-bond acceptors (Lipinski definition) is 5. The lowest BCUT2D eigenvalue weighted by Gasteiger charge is -2.10. The SMILES string of the molecule is CNC(CC[SH](=O)=O)C(=O)OC. The Kier molecular flexibility index (Phi) is 5.65. The number of likely N-dealkylation sites (N-methyl/N-ethyl adjacent to an activating group) is 1. The van der Waals surface area contributed by atoms with E-state index in [2.05, 4.69) is 10.1 Å². The highest BCUT2D eigenvalue weighted by Gasteiger charge is 2.16. The summed E-state index contributed by atoms with van der Waals surface area (Å²) in [5.41, 5.74) is 0. The van der Waals surface area contributed by atoms with Crippen LogP contribution < -0.4 is 5.32 Å². The number of thiol groups is 1. The smallest absolute Gasteiger partial charge is 0.322 e. The van der Waals surface area contributed by atoms with E-state index in [1.54, 1.807) is 7.05 Å². The van der Waals surface area contributed by atoms with Gasteiger partial charge in [-0.25, -0.2) is 8.42 Å². The highest BCUT2D eigenvalue weighted by Crippen LogP contribution is 1.93. The molecule has 0 radical (unpaired) electrons. The Bertz CT molecular complexity index is 206. The zero-order valence-corrected chi connectivity index (χ0v) is 7.97. The van der Waals surface area contributed by atoms with Gasteiger partial charge in [-0.1, -0.05) is 0 Å². The van der Waals surface area contributed by atoms with Crippen LogP contribution in [0, 0.1) is 0 Å². The molecule has 0 fully saturated rings. The van der Waals surface area contributed by atoms with Crippen molar-refractivity contribution in [3.63, 3.8) is 0 Å². The Morgan fingerprint density at radius 2 is 2.17 bits per heavy atom. The number of carbonyl (C=O) groups is 1. The summed E-state index contributed by atoms with van der Waals surface area (Å²) in [4.78, 5) is 10.9. The second kappa shape index (κ2) is 5.96. The lowest BCUT2D eigenvalue weighted by molar-refractivity contribution is -0.143. The molecule has 0 aromatic heterocycles. The van der Waals surface area contributed by atoms with Crippen molar-refractivity contribution in [2.24, 2.45) is 0 Å². The van der Waals surface area contributed by atoms with Crippen molar-refractivity contribution in [2.45, 2.75) is 12.5 Å². The zero-order chi connectivity index (χ0) is 9.56. The quantitative estimate of drug-likeness (QED) is 0.423. The lowest BCUT2D eigenvalue weighted by Crippen LogP contribution is -2.35. The Balaban J connectivity index is 3.91. The van der Waals surface area contributed by atoms with Gasteiger partial charge in [-0.2, -0.15) is 0 Å². The minimum atomic E-state index is -2.42. The minimum Gasteiger partial charge on any atom is -0.468 e. The third-order valence-electron chi connectivity index (χ3n) is 1.43. The van der Waals surface area contributed by atoms with Gasteiger partial charge in [-0.05, 0) is 13.5 Å². The summed E-state index contributed by atoms with van der Waals surface area (Å²) in [7, 11) is 0.434. The number of carbonyl (C=O) groups excluding carboxylic acids is 1. The molecule has 0 aliphatic rings. The van der Waals surface area contributed by atoms with E-state index < -0.39 is 22.7 Å². The fraction of sp³-hybridized carbons (Fsp3) is 0.833. The number of hydrogen-bond donors (Lipinski definition) is 2. The summed E-state index contributed by atoms with van der Waals surface area (Å²) < 4.78 is 24.8. The van der Waals surface area contributed by atoms with Crippen molar-refractivity contribution in [1.29, 1.82) is 0 Å². The molecule has 0 rings (SSSR count). The molecule has 0 aliphatic heterocycles. The Labute approximate surface area is 73.0 Å². The Morgan fingerprint density at radius 1 is 1.58 bits per heavy atom. The molecule has 12 heavy (non-hydrogen) atoms. The van der Waals surface area contributed by atoms with Crippen LogP contribution >= 0.6 is 0 Å². The van der Waals surface area contributed by atoms with Gasteiger partial charge < -0.3 is 10.1 Å². The van der Waals surface area contributed by atoms with Gasteiger partial charge in [-0.15, -0.1) is 0 Å². The molecule has 0 saturated heterocycles. The van der Waals surface area contributed by atoms with E-state index in [4.69, 9.17) is 0 Å². The molecule has 5 nitrogen and oxygen atoms in total. The summed E-state index contributed by atoms with van der Waals surface area (Å²) >= 11 is 0.